The van der Waals surface area contributed by atoms with Crippen molar-refractivity contribution in [2.45, 2.75) is 0 Å². The van der Waals surface area contributed by atoms with E-state index in [2.05, 4.69) is 18.1 Å². The minimum Gasteiger partial charge on any atom is -0.386 e. The second kappa shape index (κ2) is 2.77. The van der Waals surface area contributed by atoms with Gasteiger partial charge in [-0.15, -0.1) is 0 Å². The Bertz CT molecular complexity index is 309. The van der Waals surface area contributed by atoms with E-state index in [0.29, 0.717) is 0 Å². The molecule has 0 aromatic heterocycles. The second-order valence-electron chi connectivity index (χ2n) is 2.22. The van der Waals surface area contributed by atoms with Crippen molar-refractivity contribution in [3.8, 4) is 0 Å². The Hall–Kier alpha value is -0.650. The van der Waals surface area contributed by atoms with Crippen molar-refractivity contribution in [1.29, 1.82) is 0 Å². The molecular weight excluding hydrogens is 253 g/mol. The molecule has 2 N–H and O–H groups in total. The van der Waals surface area contributed by atoms with Crippen LogP contribution in [0.15, 0.2) is 21.3 Å². The molecule has 1 aliphatic heterocycles. The van der Waals surface area contributed by atoms with E-state index in [1.165, 1.54) is 5.69 Å². The van der Waals surface area contributed by atoms with Crippen LogP contribution in [0.2, 0.25) is 0 Å². The zero-order valence-corrected chi connectivity index (χ0v) is 8.21. The van der Waals surface area contributed by atoms with Crippen molar-refractivity contribution in [3.63, 3.8) is 0 Å². The smallest absolute Gasteiger partial charge is 0.118 e. The number of hydrogen-bond donors (Lipinski definition) is 2. The summed E-state index contributed by atoms with van der Waals surface area (Å²) in [6, 6.07) is 6.13. The van der Waals surface area contributed by atoms with Crippen LogP contribution in [0.4, 0.5) is 17.1 Å². The summed E-state index contributed by atoms with van der Waals surface area (Å²) in [4.78, 5) is 0. The summed E-state index contributed by atoms with van der Waals surface area (Å²) in [7, 11) is 1.92. The normalized spacial score (nSPS) is 13.2. The average molecular weight is 261 g/mol. The number of fused-ring (bicyclic) bond motifs is 1. The molecule has 0 spiro atoms. The summed E-state index contributed by atoms with van der Waals surface area (Å²) in [5.74, 6) is 0. The van der Waals surface area contributed by atoms with E-state index in [1.807, 2.05) is 19.2 Å². The molecule has 0 saturated heterocycles. The number of hydrogen-bond acceptors (Lipinski definition) is 3. The number of nitrogens with one attached hydrogen (secondary N) is 2. The summed E-state index contributed by atoms with van der Waals surface area (Å²) >= 11 is -0.175. The van der Waals surface area contributed by atoms with E-state index < -0.39 is 0 Å². The number of anilines is 2. The molecule has 58 valence electrons. The topological polar surface area (TPSA) is 36.4 Å². The van der Waals surface area contributed by atoms with Gasteiger partial charge in [0.25, 0.3) is 0 Å². The van der Waals surface area contributed by atoms with Crippen LogP contribution in [0.3, 0.4) is 0 Å². The Labute approximate surface area is 75.7 Å². The molecule has 4 heteroatoms. The molecule has 2 rings (SSSR count). The molecule has 0 radical (unpaired) electrons. The van der Waals surface area contributed by atoms with E-state index in [-0.39, 0.29) is 21.3 Å². The lowest BCUT2D eigenvalue weighted by molar-refractivity contribution is 1.49. The summed E-state index contributed by atoms with van der Waals surface area (Å²) in [6.07, 6.45) is 0. The van der Waals surface area contributed by atoms with Crippen molar-refractivity contribution in [1.82, 2.24) is 0 Å². The first-order valence-electron chi connectivity index (χ1n) is 3.33. The first-order valence-corrected chi connectivity index (χ1v) is 5.37. The molecule has 1 aliphatic rings. The van der Waals surface area contributed by atoms with Crippen molar-refractivity contribution >= 4 is 38.4 Å². The van der Waals surface area contributed by atoms with Gasteiger partial charge in [0, 0.05) is 7.05 Å². The fourth-order valence-electron chi connectivity index (χ4n) is 1.02. The van der Waals surface area contributed by atoms with Crippen molar-refractivity contribution in [2.75, 3.05) is 15.9 Å². The molecule has 0 atom stereocenters. The zero-order chi connectivity index (χ0) is 7.68. The third-order valence-electron chi connectivity index (χ3n) is 1.58. The standard InChI is InChI=1S/C7H8IN3/c1-9-5-3-2-4-6-7(5)11-8-10-6/h2-4,9H,1H3,(H,10,11). The molecule has 11 heavy (non-hydrogen) atoms. The van der Waals surface area contributed by atoms with E-state index in [0.717, 1.165) is 11.4 Å². The average Bonchev–Trinajstić information content (AvgIpc) is 2.50. The maximum Gasteiger partial charge on any atom is 0.118 e. The number of benzene rings is 1. The van der Waals surface area contributed by atoms with Crippen LogP contribution in [0, 0.1) is 0 Å². The largest absolute Gasteiger partial charge is 0.386 e. The highest BCUT2D eigenvalue weighted by atomic mass is 127. The summed E-state index contributed by atoms with van der Waals surface area (Å²) in [5.41, 5.74) is 3.39. The first kappa shape index (κ1) is 7.02. The highest BCUT2D eigenvalue weighted by Gasteiger charge is 2.09. The fourth-order valence-corrected chi connectivity index (χ4v) is 2.60. The van der Waals surface area contributed by atoms with Crippen LogP contribution in [0.1, 0.15) is 0 Å². The van der Waals surface area contributed by atoms with Crippen LogP contribution >= 0.6 is 21.3 Å². The minimum atomic E-state index is -0.175. The van der Waals surface area contributed by atoms with E-state index >= 15 is 0 Å². The molecule has 0 unspecified atom stereocenters. The molecule has 0 bridgehead atoms. The van der Waals surface area contributed by atoms with Crippen molar-refractivity contribution in [3.05, 3.63) is 18.2 Å². The molecule has 1 aromatic rings. The maximum absolute atomic E-state index is 4.41. The highest BCUT2D eigenvalue weighted by Crippen LogP contribution is 2.41. The summed E-state index contributed by atoms with van der Waals surface area (Å²) < 4.78 is 7.68. The van der Waals surface area contributed by atoms with Crippen LogP contribution in [-0.4, -0.2) is 7.05 Å². The molecule has 0 amide bonds. The van der Waals surface area contributed by atoms with Gasteiger partial charge in [-0.3, -0.25) is 0 Å². The number of rotatable bonds is 1. The van der Waals surface area contributed by atoms with Gasteiger partial charge in [-0.25, -0.2) is 3.15 Å². The Morgan fingerprint density at radius 3 is 3.27 bits per heavy atom. The van der Waals surface area contributed by atoms with Crippen molar-refractivity contribution < 1.29 is 0 Å². The van der Waals surface area contributed by atoms with Gasteiger partial charge in [0.05, 0.1) is 11.4 Å². The van der Waals surface area contributed by atoms with Gasteiger partial charge in [-0.2, -0.15) is 0 Å². The molecule has 0 saturated carbocycles. The van der Waals surface area contributed by atoms with Gasteiger partial charge in [-0.05, 0) is 12.1 Å². The van der Waals surface area contributed by atoms with Gasteiger partial charge in [0.2, 0.25) is 0 Å². The molecule has 3 nitrogen and oxygen atoms in total. The third-order valence-corrected chi connectivity index (χ3v) is 3.12. The zero-order valence-electron chi connectivity index (χ0n) is 6.06. The second-order valence-corrected chi connectivity index (χ2v) is 3.72. The lowest BCUT2D eigenvalue weighted by Gasteiger charge is -2.03. The molecule has 0 aliphatic carbocycles. The Kier molecular flexibility index (Phi) is 1.77. The van der Waals surface area contributed by atoms with E-state index in [9.17, 15) is 0 Å². The molecular formula is C7H8IN3. The first-order chi connectivity index (χ1) is 5.42. The van der Waals surface area contributed by atoms with E-state index in [1.54, 1.807) is 0 Å². The Morgan fingerprint density at radius 2 is 2.45 bits per heavy atom. The fraction of sp³-hybridized carbons (Fsp3) is 0.143. The third kappa shape index (κ3) is 1.11. The monoisotopic (exact) mass is 261 g/mol. The van der Waals surface area contributed by atoms with Crippen molar-refractivity contribution in [2.24, 2.45) is 3.15 Å². The quantitative estimate of drug-likeness (QED) is 0.602. The van der Waals surface area contributed by atoms with Crippen LogP contribution in [0.5, 0.6) is 0 Å². The molecule has 1 heterocycles. The van der Waals surface area contributed by atoms with Gasteiger partial charge in [-0.1, -0.05) is 6.07 Å². The molecule has 1 aromatic carbocycles. The van der Waals surface area contributed by atoms with E-state index in [4.69, 9.17) is 0 Å². The van der Waals surface area contributed by atoms with Crippen LogP contribution in [0.25, 0.3) is 0 Å². The van der Waals surface area contributed by atoms with Crippen LogP contribution < -0.4 is 8.85 Å². The predicted molar refractivity (Wildman–Crippen MR) is 55.7 cm³/mol. The highest BCUT2D eigenvalue weighted by molar-refractivity contribution is 14.2. The van der Waals surface area contributed by atoms with Gasteiger partial charge >= 0.3 is 0 Å². The number of halogens is 1. The Morgan fingerprint density at radius 1 is 1.55 bits per heavy atom. The predicted octanol–water partition coefficient (Wildman–Crippen LogP) is 2.85. The van der Waals surface area contributed by atoms with Crippen LogP contribution in [-0.2, 0) is 0 Å². The summed E-state index contributed by atoms with van der Waals surface area (Å²) in [6.45, 7) is 0. The maximum atomic E-state index is 4.41. The number of nitrogens with zero attached hydrogens (tertiary/aromatic N) is 1. The Balaban J connectivity index is 2.57. The summed E-state index contributed by atoms with van der Waals surface area (Å²) in [5, 5.41) is 3.11. The lowest BCUT2D eigenvalue weighted by atomic mass is 10.2. The molecule has 0 fully saturated rings. The van der Waals surface area contributed by atoms with Gasteiger partial charge < -0.3 is 8.85 Å². The van der Waals surface area contributed by atoms with Gasteiger partial charge in [0.15, 0.2) is 0 Å². The SMILES string of the molecule is CNc1cccc2c1N=IN2. The lowest BCUT2D eigenvalue weighted by Crippen LogP contribution is -1.87. The minimum absolute atomic E-state index is 0.175. The van der Waals surface area contributed by atoms with Gasteiger partial charge in [0.1, 0.15) is 27.0 Å².